The maximum Gasteiger partial charge on any atom is 0.256 e. The zero-order valence-electron chi connectivity index (χ0n) is 19.8. The number of carbonyl (C=O) groups excluding carboxylic acids is 1. The second kappa shape index (κ2) is 9.16. The molecule has 6 rings (SSSR count). The molecule has 0 aliphatic carbocycles. The van der Waals surface area contributed by atoms with Crippen LogP contribution in [0.4, 0.5) is 21.6 Å². The number of aromatic nitrogens is 2. The summed E-state index contributed by atoms with van der Waals surface area (Å²) in [5.41, 5.74) is 3.40. The molecule has 3 N–H and O–H groups in total. The smallest absolute Gasteiger partial charge is 0.256 e. The molecule has 1 fully saturated rings. The van der Waals surface area contributed by atoms with E-state index in [9.17, 15) is 9.18 Å². The van der Waals surface area contributed by atoms with E-state index in [1.807, 2.05) is 18.2 Å². The molecule has 8 nitrogen and oxygen atoms in total. The molecule has 0 saturated carbocycles. The van der Waals surface area contributed by atoms with Crippen molar-refractivity contribution in [3.8, 4) is 11.5 Å². The van der Waals surface area contributed by atoms with Gasteiger partial charge in [0.25, 0.3) is 5.91 Å². The van der Waals surface area contributed by atoms with Crippen LogP contribution in [0.5, 0.6) is 11.5 Å². The Labute approximate surface area is 207 Å². The fraction of sp³-hybridized carbons (Fsp3) is 0.259. The zero-order valence-corrected chi connectivity index (χ0v) is 19.8. The van der Waals surface area contributed by atoms with E-state index in [0.717, 1.165) is 31.3 Å². The van der Waals surface area contributed by atoms with Gasteiger partial charge >= 0.3 is 0 Å². The minimum absolute atomic E-state index is 0.0526. The number of halogens is 1. The lowest BCUT2D eigenvalue weighted by atomic mass is 9.89. The molecule has 0 radical (unpaired) electrons. The van der Waals surface area contributed by atoms with Gasteiger partial charge in [0.15, 0.2) is 23.1 Å². The van der Waals surface area contributed by atoms with Crippen LogP contribution in [0.2, 0.25) is 0 Å². The SMILES string of the molecule is CN1CCC(c2ccc(C(=O)Nc3n[nH]c4cc(Nc5c(F)ccc6c5OCO6)ccc34)cc2)CC1. The number of hydrogen-bond donors (Lipinski definition) is 3. The van der Waals surface area contributed by atoms with E-state index >= 15 is 0 Å². The first-order chi connectivity index (χ1) is 17.5. The van der Waals surface area contributed by atoms with Gasteiger partial charge in [0, 0.05) is 16.6 Å². The molecule has 3 heterocycles. The topological polar surface area (TPSA) is 91.5 Å². The van der Waals surface area contributed by atoms with E-state index in [0.29, 0.717) is 40.0 Å². The third kappa shape index (κ3) is 4.22. The lowest BCUT2D eigenvalue weighted by Crippen LogP contribution is -2.29. The first-order valence-corrected chi connectivity index (χ1v) is 12.0. The number of nitrogens with one attached hydrogen (secondary N) is 3. The van der Waals surface area contributed by atoms with Gasteiger partial charge in [0.2, 0.25) is 6.79 Å². The monoisotopic (exact) mass is 487 g/mol. The highest BCUT2D eigenvalue weighted by Gasteiger charge is 2.22. The molecule has 2 aliphatic heterocycles. The number of ether oxygens (including phenoxy) is 2. The quantitative estimate of drug-likeness (QED) is 0.357. The maximum absolute atomic E-state index is 14.4. The molecule has 2 aliphatic rings. The van der Waals surface area contributed by atoms with Crippen LogP contribution < -0.4 is 20.1 Å². The summed E-state index contributed by atoms with van der Waals surface area (Å²) >= 11 is 0. The molecule has 1 amide bonds. The number of aromatic amines is 1. The van der Waals surface area contributed by atoms with Crippen molar-refractivity contribution in [2.24, 2.45) is 0 Å². The fourth-order valence-corrected chi connectivity index (χ4v) is 4.83. The van der Waals surface area contributed by atoms with E-state index in [2.05, 4.69) is 44.9 Å². The Morgan fingerprint density at radius 2 is 1.89 bits per heavy atom. The van der Waals surface area contributed by atoms with Crippen LogP contribution in [0.3, 0.4) is 0 Å². The summed E-state index contributed by atoms with van der Waals surface area (Å²) in [6.07, 6.45) is 2.27. The summed E-state index contributed by atoms with van der Waals surface area (Å²) in [5.74, 6) is 1.14. The van der Waals surface area contributed by atoms with Gasteiger partial charge in [-0.2, -0.15) is 5.10 Å². The van der Waals surface area contributed by atoms with Gasteiger partial charge in [0.05, 0.1) is 5.52 Å². The standard InChI is InChI=1S/C27H26FN5O3/c1-33-12-10-17(11-13-33)16-2-4-18(5-3-16)27(34)30-26-20-7-6-19(14-22(20)31-32-26)29-24-21(28)8-9-23-25(24)36-15-35-23/h2-9,14,17,29H,10-13,15H2,1H3,(H2,30,31,32,34). The average molecular weight is 488 g/mol. The summed E-state index contributed by atoms with van der Waals surface area (Å²) in [7, 11) is 2.15. The summed E-state index contributed by atoms with van der Waals surface area (Å²) in [4.78, 5) is 15.2. The van der Waals surface area contributed by atoms with Crippen molar-refractivity contribution in [2.45, 2.75) is 18.8 Å². The van der Waals surface area contributed by atoms with E-state index < -0.39 is 5.82 Å². The molecule has 3 aromatic carbocycles. The Morgan fingerprint density at radius 1 is 1.08 bits per heavy atom. The molecular weight excluding hydrogens is 461 g/mol. The number of amides is 1. The third-order valence-corrected chi connectivity index (χ3v) is 6.92. The van der Waals surface area contributed by atoms with Crippen molar-refractivity contribution >= 4 is 34.0 Å². The number of piperidine rings is 1. The summed E-state index contributed by atoms with van der Waals surface area (Å²) < 4.78 is 25.2. The Kier molecular flexibility index (Phi) is 5.69. The molecule has 1 saturated heterocycles. The van der Waals surface area contributed by atoms with E-state index in [1.165, 1.54) is 17.7 Å². The first-order valence-electron chi connectivity index (χ1n) is 12.0. The highest BCUT2D eigenvalue weighted by Crippen LogP contribution is 2.42. The van der Waals surface area contributed by atoms with E-state index in [4.69, 9.17) is 9.47 Å². The number of likely N-dealkylation sites (tertiary alicyclic amines) is 1. The van der Waals surface area contributed by atoms with Crippen molar-refractivity contribution in [3.05, 3.63) is 71.5 Å². The molecule has 0 atom stereocenters. The molecule has 0 unspecified atom stereocenters. The van der Waals surface area contributed by atoms with Crippen molar-refractivity contribution < 1.29 is 18.7 Å². The lowest BCUT2D eigenvalue weighted by molar-refractivity contribution is 0.102. The maximum atomic E-state index is 14.4. The number of hydrogen-bond acceptors (Lipinski definition) is 6. The predicted octanol–water partition coefficient (Wildman–Crippen LogP) is 5.24. The minimum Gasteiger partial charge on any atom is -0.454 e. The molecule has 0 bridgehead atoms. The highest BCUT2D eigenvalue weighted by molar-refractivity contribution is 6.08. The van der Waals surface area contributed by atoms with Crippen LogP contribution in [0.1, 0.15) is 34.7 Å². The van der Waals surface area contributed by atoms with Gasteiger partial charge in [-0.1, -0.05) is 12.1 Å². The number of nitrogens with zero attached hydrogens (tertiary/aromatic N) is 2. The predicted molar refractivity (Wildman–Crippen MR) is 136 cm³/mol. The summed E-state index contributed by atoms with van der Waals surface area (Å²) in [5, 5.41) is 13.9. The molecule has 184 valence electrons. The van der Waals surface area contributed by atoms with Crippen LogP contribution >= 0.6 is 0 Å². The van der Waals surface area contributed by atoms with Crippen LogP contribution in [0.15, 0.2) is 54.6 Å². The van der Waals surface area contributed by atoms with Crippen LogP contribution in [0.25, 0.3) is 10.9 Å². The second-order valence-electron chi connectivity index (χ2n) is 9.27. The fourth-order valence-electron chi connectivity index (χ4n) is 4.83. The Bertz CT molecular complexity index is 1430. The van der Waals surface area contributed by atoms with Gasteiger partial charge in [-0.25, -0.2) is 4.39 Å². The number of benzene rings is 3. The summed E-state index contributed by atoms with van der Waals surface area (Å²) in [6, 6.07) is 16.1. The molecule has 1 aromatic heterocycles. The number of fused-ring (bicyclic) bond motifs is 2. The van der Waals surface area contributed by atoms with Crippen LogP contribution in [-0.2, 0) is 0 Å². The zero-order chi connectivity index (χ0) is 24.6. The first kappa shape index (κ1) is 22.4. The van der Waals surface area contributed by atoms with Gasteiger partial charge in [-0.3, -0.25) is 9.89 Å². The van der Waals surface area contributed by atoms with Gasteiger partial charge in [0.1, 0.15) is 5.69 Å². The number of carbonyl (C=O) groups is 1. The lowest BCUT2D eigenvalue weighted by Gasteiger charge is -2.29. The molecule has 0 spiro atoms. The Hall–Kier alpha value is -4.11. The van der Waals surface area contributed by atoms with Crippen LogP contribution in [0, 0.1) is 5.82 Å². The molecular formula is C27H26FN5O3. The van der Waals surface area contributed by atoms with Gasteiger partial charge in [-0.05, 0) is 86.9 Å². The largest absolute Gasteiger partial charge is 0.454 e. The van der Waals surface area contributed by atoms with Crippen molar-refractivity contribution in [1.29, 1.82) is 0 Å². The average Bonchev–Trinajstić information content (AvgIpc) is 3.53. The van der Waals surface area contributed by atoms with Crippen molar-refractivity contribution in [3.63, 3.8) is 0 Å². The normalized spacial score (nSPS) is 15.8. The van der Waals surface area contributed by atoms with Crippen LogP contribution in [-0.4, -0.2) is 47.9 Å². The second-order valence-corrected chi connectivity index (χ2v) is 9.27. The minimum atomic E-state index is -0.446. The Balaban J connectivity index is 1.16. The van der Waals surface area contributed by atoms with E-state index in [1.54, 1.807) is 12.1 Å². The van der Waals surface area contributed by atoms with Gasteiger partial charge < -0.3 is 25.0 Å². The highest BCUT2D eigenvalue weighted by atomic mass is 19.1. The third-order valence-electron chi connectivity index (χ3n) is 6.92. The number of anilines is 3. The van der Waals surface area contributed by atoms with Crippen molar-refractivity contribution in [1.82, 2.24) is 15.1 Å². The van der Waals surface area contributed by atoms with Gasteiger partial charge in [-0.15, -0.1) is 0 Å². The molecule has 36 heavy (non-hydrogen) atoms. The Morgan fingerprint density at radius 3 is 2.69 bits per heavy atom. The summed E-state index contributed by atoms with van der Waals surface area (Å²) in [6.45, 7) is 2.25. The number of H-pyrrole nitrogens is 1. The van der Waals surface area contributed by atoms with Crippen molar-refractivity contribution in [2.75, 3.05) is 37.6 Å². The molecule has 9 heteroatoms. The number of rotatable bonds is 5. The molecule has 4 aromatic rings. The van der Waals surface area contributed by atoms with E-state index in [-0.39, 0.29) is 18.4 Å².